The molecular formula is C12H22N2O3. The molecule has 0 aromatic heterocycles. The van der Waals surface area contributed by atoms with Crippen LogP contribution in [0, 0.1) is 0 Å². The first-order valence-electron chi connectivity index (χ1n) is 6.38. The summed E-state index contributed by atoms with van der Waals surface area (Å²) in [5, 5.41) is 2.96. The fourth-order valence-corrected chi connectivity index (χ4v) is 2.00. The predicted molar refractivity (Wildman–Crippen MR) is 64.7 cm³/mol. The molecule has 1 heterocycles. The van der Waals surface area contributed by atoms with Gasteiger partial charge in [0.25, 0.3) is 0 Å². The zero-order valence-corrected chi connectivity index (χ0v) is 10.7. The minimum absolute atomic E-state index is 0.0724. The van der Waals surface area contributed by atoms with Crippen LogP contribution >= 0.6 is 0 Å². The quantitative estimate of drug-likeness (QED) is 0.813. The maximum atomic E-state index is 11.5. The van der Waals surface area contributed by atoms with Gasteiger partial charge in [0, 0.05) is 25.6 Å². The van der Waals surface area contributed by atoms with E-state index in [0.29, 0.717) is 19.6 Å². The summed E-state index contributed by atoms with van der Waals surface area (Å²) < 4.78 is 4.96. The van der Waals surface area contributed by atoms with Gasteiger partial charge in [-0.2, -0.15) is 0 Å². The highest BCUT2D eigenvalue weighted by atomic mass is 16.6. The van der Waals surface area contributed by atoms with Gasteiger partial charge >= 0.3 is 6.09 Å². The molecule has 5 heteroatoms. The van der Waals surface area contributed by atoms with E-state index in [-0.39, 0.29) is 18.0 Å². The molecule has 1 atom stereocenters. The van der Waals surface area contributed by atoms with Gasteiger partial charge in [-0.1, -0.05) is 6.92 Å². The lowest BCUT2D eigenvalue weighted by Crippen LogP contribution is -2.49. The highest BCUT2D eigenvalue weighted by molar-refractivity contribution is 5.76. The normalized spacial score (nSPS) is 19.9. The van der Waals surface area contributed by atoms with Gasteiger partial charge in [0.2, 0.25) is 5.91 Å². The van der Waals surface area contributed by atoms with Crippen LogP contribution in [0.4, 0.5) is 4.79 Å². The first-order chi connectivity index (χ1) is 8.17. The van der Waals surface area contributed by atoms with E-state index < -0.39 is 0 Å². The molecule has 1 unspecified atom stereocenters. The number of carbonyl (C=O) groups excluding carboxylic acids is 2. The first kappa shape index (κ1) is 13.8. The van der Waals surface area contributed by atoms with Crippen molar-refractivity contribution in [1.82, 2.24) is 10.2 Å². The van der Waals surface area contributed by atoms with Crippen LogP contribution in [-0.4, -0.2) is 42.6 Å². The maximum absolute atomic E-state index is 11.5. The van der Waals surface area contributed by atoms with Crippen LogP contribution in [0.2, 0.25) is 0 Å². The molecule has 0 radical (unpaired) electrons. The molecule has 1 rings (SSSR count). The Bertz CT molecular complexity index is 268. The Hall–Kier alpha value is -1.26. The van der Waals surface area contributed by atoms with Crippen LogP contribution in [0.25, 0.3) is 0 Å². The molecule has 0 aliphatic carbocycles. The average Bonchev–Trinajstić information content (AvgIpc) is 2.30. The van der Waals surface area contributed by atoms with E-state index in [4.69, 9.17) is 4.74 Å². The molecule has 1 aliphatic rings. The first-order valence-corrected chi connectivity index (χ1v) is 6.38. The Morgan fingerprint density at radius 2 is 2.18 bits per heavy atom. The lowest BCUT2D eigenvalue weighted by Gasteiger charge is -2.32. The maximum Gasteiger partial charge on any atom is 0.409 e. The van der Waals surface area contributed by atoms with Crippen molar-refractivity contribution in [2.45, 2.75) is 45.6 Å². The number of rotatable bonds is 4. The number of piperidine rings is 1. The molecule has 1 fully saturated rings. The van der Waals surface area contributed by atoms with Gasteiger partial charge in [0.1, 0.15) is 0 Å². The smallest absolute Gasteiger partial charge is 0.409 e. The molecule has 0 aromatic carbocycles. The molecule has 0 aromatic rings. The Morgan fingerprint density at radius 3 is 2.82 bits per heavy atom. The zero-order valence-electron chi connectivity index (χ0n) is 10.7. The topological polar surface area (TPSA) is 58.6 Å². The standard InChI is InChI=1S/C12H22N2O3/c1-3-6-11(15)13-10-7-5-8-14(9-10)12(16)17-4-2/h10H,3-9H2,1-2H3,(H,13,15). The number of nitrogens with zero attached hydrogens (tertiary/aromatic N) is 1. The van der Waals surface area contributed by atoms with Gasteiger partial charge < -0.3 is 15.0 Å². The summed E-state index contributed by atoms with van der Waals surface area (Å²) in [6, 6.07) is 0.0761. The molecule has 0 spiro atoms. The third-order valence-electron chi connectivity index (χ3n) is 2.79. The second kappa shape index (κ2) is 7.14. The minimum Gasteiger partial charge on any atom is -0.450 e. The number of hydrogen-bond acceptors (Lipinski definition) is 3. The van der Waals surface area contributed by atoms with Gasteiger partial charge in [0.05, 0.1) is 6.61 Å². The Balaban J connectivity index is 2.38. The van der Waals surface area contributed by atoms with Crippen molar-refractivity contribution >= 4 is 12.0 Å². The van der Waals surface area contributed by atoms with E-state index >= 15 is 0 Å². The molecule has 0 bridgehead atoms. The third-order valence-corrected chi connectivity index (χ3v) is 2.79. The van der Waals surface area contributed by atoms with Crippen molar-refractivity contribution in [2.75, 3.05) is 19.7 Å². The number of nitrogens with one attached hydrogen (secondary N) is 1. The molecule has 1 N–H and O–H groups in total. The van der Waals surface area contributed by atoms with Crippen molar-refractivity contribution in [3.05, 3.63) is 0 Å². The average molecular weight is 242 g/mol. The molecule has 17 heavy (non-hydrogen) atoms. The van der Waals surface area contributed by atoms with Gasteiger partial charge in [-0.25, -0.2) is 4.79 Å². The lowest BCUT2D eigenvalue weighted by atomic mass is 10.1. The van der Waals surface area contributed by atoms with Crippen LogP contribution in [-0.2, 0) is 9.53 Å². The molecule has 0 saturated carbocycles. The molecule has 5 nitrogen and oxygen atoms in total. The Labute approximate surface area is 102 Å². The summed E-state index contributed by atoms with van der Waals surface area (Å²) in [6.07, 6.45) is 2.97. The summed E-state index contributed by atoms with van der Waals surface area (Å²) in [7, 11) is 0. The molecule has 1 aliphatic heterocycles. The summed E-state index contributed by atoms with van der Waals surface area (Å²) in [6.45, 7) is 5.45. The highest BCUT2D eigenvalue weighted by Crippen LogP contribution is 2.11. The molecule has 98 valence electrons. The largest absolute Gasteiger partial charge is 0.450 e. The minimum atomic E-state index is -0.276. The summed E-state index contributed by atoms with van der Waals surface area (Å²) >= 11 is 0. The van der Waals surface area contributed by atoms with Crippen LogP contribution in [0.3, 0.4) is 0 Å². The second-order valence-corrected chi connectivity index (χ2v) is 4.30. The number of likely N-dealkylation sites (tertiary alicyclic amines) is 1. The van der Waals surface area contributed by atoms with Gasteiger partial charge in [0.15, 0.2) is 0 Å². The molecular weight excluding hydrogens is 220 g/mol. The monoisotopic (exact) mass is 242 g/mol. The van der Waals surface area contributed by atoms with Crippen molar-refractivity contribution in [3.63, 3.8) is 0 Å². The number of hydrogen-bond donors (Lipinski definition) is 1. The molecule has 1 saturated heterocycles. The van der Waals surface area contributed by atoms with E-state index in [0.717, 1.165) is 25.8 Å². The van der Waals surface area contributed by atoms with E-state index in [1.807, 2.05) is 6.92 Å². The van der Waals surface area contributed by atoms with E-state index in [9.17, 15) is 9.59 Å². The second-order valence-electron chi connectivity index (χ2n) is 4.30. The lowest BCUT2D eigenvalue weighted by molar-refractivity contribution is -0.122. The fourth-order valence-electron chi connectivity index (χ4n) is 2.00. The van der Waals surface area contributed by atoms with Gasteiger partial charge in [-0.3, -0.25) is 4.79 Å². The molecule has 2 amide bonds. The van der Waals surface area contributed by atoms with E-state index in [2.05, 4.69) is 5.32 Å². The Morgan fingerprint density at radius 1 is 1.41 bits per heavy atom. The van der Waals surface area contributed by atoms with Gasteiger partial charge in [-0.05, 0) is 26.2 Å². The van der Waals surface area contributed by atoms with Crippen molar-refractivity contribution in [1.29, 1.82) is 0 Å². The van der Waals surface area contributed by atoms with Crippen LogP contribution < -0.4 is 5.32 Å². The van der Waals surface area contributed by atoms with Crippen LogP contribution in [0.5, 0.6) is 0 Å². The van der Waals surface area contributed by atoms with Crippen molar-refractivity contribution in [2.24, 2.45) is 0 Å². The van der Waals surface area contributed by atoms with E-state index in [1.165, 1.54) is 0 Å². The van der Waals surface area contributed by atoms with Crippen molar-refractivity contribution in [3.8, 4) is 0 Å². The summed E-state index contributed by atoms with van der Waals surface area (Å²) in [5.74, 6) is 0.0724. The fraction of sp³-hybridized carbons (Fsp3) is 0.833. The highest BCUT2D eigenvalue weighted by Gasteiger charge is 2.25. The number of ether oxygens (including phenoxy) is 1. The van der Waals surface area contributed by atoms with Crippen LogP contribution in [0.15, 0.2) is 0 Å². The summed E-state index contributed by atoms with van der Waals surface area (Å²) in [4.78, 5) is 24.7. The third kappa shape index (κ3) is 4.63. The zero-order chi connectivity index (χ0) is 12.7. The number of carbonyl (C=O) groups is 2. The SMILES string of the molecule is CCCC(=O)NC1CCCN(C(=O)OCC)C1. The van der Waals surface area contributed by atoms with E-state index in [1.54, 1.807) is 11.8 Å². The summed E-state index contributed by atoms with van der Waals surface area (Å²) in [5.41, 5.74) is 0. The van der Waals surface area contributed by atoms with Crippen molar-refractivity contribution < 1.29 is 14.3 Å². The Kier molecular flexibility index (Phi) is 5.80. The number of amides is 2. The van der Waals surface area contributed by atoms with Crippen LogP contribution in [0.1, 0.15) is 39.5 Å². The van der Waals surface area contributed by atoms with Gasteiger partial charge in [-0.15, -0.1) is 0 Å². The predicted octanol–water partition coefficient (Wildman–Crippen LogP) is 1.52.